The summed E-state index contributed by atoms with van der Waals surface area (Å²) in [5, 5.41) is 7.17. The normalized spacial score (nSPS) is 10.5. The van der Waals surface area contributed by atoms with Gasteiger partial charge in [-0.2, -0.15) is 0 Å². The van der Waals surface area contributed by atoms with E-state index in [-0.39, 0.29) is 11.4 Å². The predicted molar refractivity (Wildman–Crippen MR) is 117 cm³/mol. The summed E-state index contributed by atoms with van der Waals surface area (Å²) < 4.78 is 6.42. The number of esters is 1. The SMILES string of the molecule is COC(=O)c1ccccc1NC(=O)c1nc(-c2ccccc2)n(-c2ccc(C)cc2)n1. The van der Waals surface area contributed by atoms with Crippen LogP contribution in [0.15, 0.2) is 78.9 Å². The van der Waals surface area contributed by atoms with E-state index in [4.69, 9.17) is 4.74 Å². The molecule has 0 aliphatic heterocycles. The summed E-state index contributed by atoms with van der Waals surface area (Å²) in [6, 6.07) is 23.9. The number of nitrogens with one attached hydrogen (secondary N) is 1. The van der Waals surface area contributed by atoms with E-state index >= 15 is 0 Å². The lowest BCUT2D eigenvalue weighted by molar-refractivity contribution is 0.0602. The molecule has 0 aliphatic rings. The number of ether oxygens (including phenoxy) is 1. The van der Waals surface area contributed by atoms with Crippen molar-refractivity contribution in [2.24, 2.45) is 0 Å². The molecule has 154 valence electrons. The molecule has 31 heavy (non-hydrogen) atoms. The number of carbonyl (C=O) groups is 2. The van der Waals surface area contributed by atoms with Gasteiger partial charge in [0.2, 0.25) is 5.82 Å². The Kier molecular flexibility index (Phi) is 5.57. The van der Waals surface area contributed by atoms with Gasteiger partial charge < -0.3 is 10.1 Å². The predicted octanol–water partition coefficient (Wildman–Crippen LogP) is 4.28. The Morgan fingerprint density at radius 2 is 1.58 bits per heavy atom. The Morgan fingerprint density at radius 1 is 0.903 bits per heavy atom. The molecule has 0 bridgehead atoms. The van der Waals surface area contributed by atoms with Crippen LogP contribution in [0.5, 0.6) is 0 Å². The first-order valence-electron chi connectivity index (χ1n) is 9.65. The van der Waals surface area contributed by atoms with E-state index in [9.17, 15) is 9.59 Å². The van der Waals surface area contributed by atoms with Gasteiger partial charge in [0.25, 0.3) is 5.91 Å². The number of benzene rings is 3. The molecule has 1 heterocycles. The van der Waals surface area contributed by atoms with Gasteiger partial charge >= 0.3 is 5.97 Å². The second-order valence-corrected chi connectivity index (χ2v) is 6.86. The number of amides is 1. The largest absolute Gasteiger partial charge is 0.465 e. The molecule has 0 radical (unpaired) electrons. The van der Waals surface area contributed by atoms with Gasteiger partial charge in [-0.3, -0.25) is 4.79 Å². The first kappa shape index (κ1) is 20.0. The zero-order valence-electron chi connectivity index (χ0n) is 17.1. The van der Waals surface area contributed by atoms with Gasteiger partial charge in [-0.05, 0) is 31.2 Å². The molecule has 7 nitrogen and oxygen atoms in total. The molecule has 3 aromatic carbocycles. The summed E-state index contributed by atoms with van der Waals surface area (Å²) in [7, 11) is 1.29. The molecule has 0 fully saturated rings. The molecular formula is C24H20N4O3. The molecule has 0 unspecified atom stereocenters. The average Bonchev–Trinajstić information content (AvgIpc) is 3.26. The van der Waals surface area contributed by atoms with Gasteiger partial charge in [-0.15, -0.1) is 5.10 Å². The third-order valence-electron chi connectivity index (χ3n) is 4.70. The minimum Gasteiger partial charge on any atom is -0.465 e. The van der Waals surface area contributed by atoms with Crippen molar-refractivity contribution >= 4 is 17.6 Å². The molecule has 0 atom stereocenters. The second-order valence-electron chi connectivity index (χ2n) is 6.86. The Morgan fingerprint density at radius 3 is 2.29 bits per heavy atom. The lowest BCUT2D eigenvalue weighted by atomic mass is 10.2. The molecule has 0 aliphatic carbocycles. The van der Waals surface area contributed by atoms with Crippen LogP contribution < -0.4 is 5.32 Å². The van der Waals surface area contributed by atoms with Crippen LogP contribution in [0.3, 0.4) is 0 Å². The van der Waals surface area contributed by atoms with E-state index in [1.807, 2.05) is 61.5 Å². The third-order valence-corrected chi connectivity index (χ3v) is 4.70. The lowest BCUT2D eigenvalue weighted by Crippen LogP contribution is -2.17. The number of anilines is 1. The maximum absolute atomic E-state index is 13.0. The molecule has 0 saturated heterocycles. The fourth-order valence-corrected chi connectivity index (χ4v) is 3.11. The highest BCUT2D eigenvalue weighted by Crippen LogP contribution is 2.22. The summed E-state index contributed by atoms with van der Waals surface area (Å²) in [6.45, 7) is 2.00. The van der Waals surface area contributed by atoms with Crippen LogP contribution in [0, 0.1) is 6.92 Å². The summed E-state index contributed by atoms with van der Waals surface area (Å²) in [4.78, 5) is 29.5. The van der Waals surface area contributed by atoms with Gasteiger partial charge in [0.1, 0.15) is 0 Å². The monoisotopic (exact) mass is 412 g/mol. The first-order valence-corrected chi connectivity index (χ1v) is 9.65. The van der Waals surface area contributed by atoms with Crippen LogP contribution in [0.2, 0.25) is 0 Å². The minimum atomic E-state index is -0.543. The van der Waals surface area contributed by atoms with E-state index in [1.54, 1.807) is 28.9 Å². The topological polar surface area (TPSA) is 86.1 Å². The van der Waals surface area contributed by atoms with Gasteiger partial charge in [0.05, 0.1) is 24.0 Å². The number of para-hydroxylation sites is 1. The highest BCUT2D eigenvalue weighted by atomic mass is 16.5. The van der Waals surface area contributed by atoms with Crippen molar-refractivity contribution in [3.63, 3.8) is 0 Å². The number of hydrogen-bond donors (Lipinski definition) is 1. The third kappa shape index (κ3) is 4.20. The van der Waals surface area contributed by atoms with Crippen molar-refractivity contribution in [2.75, 3.05) is 12.4 Å². The lowest BCUT2D eigenvalue weighted by Gasteiger charge is -2.08. The van der Waals surface area contributed by atoms with Crippen LogP contribution in [0.25, 0.3) is 17.1 Å². The van der Waals surface area contributed by atoms with Gasteiger partial charge in [-0.1, -0.05) is 60.2 Å². The van der Waals surface area contributed by atoms with E-state index in [1.165, 1.54) is 7.11 Å². The van der Waals surface area contributed by atoms with Crippen molar-refractivity contribution in [1.82, 2.24) is 14.8 Å². The van der Waals surface area contributed by atoms with Crippen LogP contribution in [0.1, 0.15) is 26.5 Å². The summed E-state index contributed by atoms with van der Waals surface area (Å²) in [5.74, 6) is -0.548. The zero-order valence-corrected chi connectivity index (χ0v) is 17.1. The van der Waals surface area contributed by atoms with Crippen molar-refractivity contribution in [3.8, 4) is 17.1 Å². The number of aryl methyl sites for hydroxylation is 1. The van der Waals surface area contributed by atoms with Crippen molar-refractivity contribution < 1.29 is 14.3 Å². The van der Waals surface area contributed by atoms with E-state index in [2.05, 4.69) is 15.4 Å². The zero-order chi connectivity index (χ0) is 21.8. The minimum absolute atomic E-state index is 0.0147. The fraction of sp³-hybridized carbons (Fsp3) is 0.0833. The van der Waals surface area contributed by atoms with Crippen molar-refractivity contribution in [2.45, 2.75) is 6.92 Å². The van der Waals surface area contributed by atoms with Gasteiger partial charge in [-0.25, -0.2) is 14.5 Å². The van der Waals surface area contributed by atoms with Crippen molar-refractivity contribution in [1.29, 1.82) is 0 Å². The molecule has 1 aromatic heterocycles. The number of rotatable bonds is 5. The summed E-state index contributed by atoms with van der Waals surface area (Å²) >= 11 is 0. The molecule has 1 amide bonds. The first-order chi connectivity index (χ1) is 15.1. The Balaban J connectivity index is 1.74. The number of carbonyl (C=O) groups excluding carboxylic acids is 2. The van der Waals surface area contributed by atoms with Gasteiger partial charge in [0, 0.05) is 5.56 Å². The van der Waals surface area contributed by atoms with E-state index < -0.39 is 11.9 Å². The maximum Gasteiger partial charge on any atom is 0.339 e. The quantitative estimate of drug-likeness (QED) is 0.495. The number of methoxy groups -OCH3 is 1. The highest BCUT2D eigenvalue weighted by molar-refractivity contribution is 6.06. The van der Waals surface area contributed by atoms with Crippen LogP contribution in [-0.4, -0.2) is 33.8 Å². The highest BCUT2D eigenvalue weighted by Gasteiger charge is 2.21. The summed E-state index contributed by atoms with van der Waals surface area (Å²) in [5.41, 5.74) is 3.30. The Labute approximate surface area is 179 Å². The van der Waals surface area contributed by atoms with Crippen molar-refractivity contribution in [3.05, 3.63) is 95.8 Å². The van der Waals surface area contributed by atoms with Crippen LogP contribution in [0.4, 0.5) is 5.69 Å². The maximum atomic E-state index is 13.0. The molecule has 0 saturated carbocycles. The number of hydrogen-bond acceptors (Lipinski definition) is 5. The van der Waals surface area contributed by atoms with E-state index in [0.717, 1.165) is 16.8 Å². The molecular weight excluding hydrogens is 392 g/mol. The second kappa shape index (κ2) is 8.62. The molecule has 1 N–H and O–H groups in total. The molecule has 4 aromatic rings. The number of nitrogens with zero attached hydrogens (tertiary/aromatic N) is 3. The molecule has 4 rings (SSSR count). The van der Waals surface area contributed by atoms with Crippen LogP contribution >= 0.6 is 0 Å². The smallest absolute Gasteiger partial charge is 0.339 e. The Hall–Kier alpha value is -4.26. The summed E-state index contributed by atoms with van der Waals surface area (Å²) in [6.07, 6.45) is 0. The standard InChI is InChI=1S/C24H20N4O3/c1-16-12-14-18(15-13-16)28-22(17-8-4-3-5-9-17)26-21(27-28)23(29)25-20-11-7-6-10-19(20)24(30)31-2/h3-15H,1-2H3,(H,25,29). The fourth-order valence-electron chi connectivity index (χ4n) is 3.11. The Bertz CT molecular complexity index is 1230. The average molecular weight is 412 g/mol. The molecule has 0 spiro atoms. The molecule has 7 heteroatoms. The van der Waals surface area contributed by atoms with E-state index in [0.29, 0.717) is 11.5 Å². The van der Waals surface area contributed by atoms with Crippen LogP contribution in [-0.2, 0) is 4.74 Å². The van der Waals surface area contributed by atoms with Gasteiger partial charge in [0.15, 0.2) is 5.82 Å². The number of aromatic nitrogens is 3.